The molecule has 1 aliphatic heterocycles. The number of hydrogen-bond donors (Lipinski definition) is 1. The van der Waals surface area contributed by atoms with Crippen LogP contribution in [-0.2, 0) is 14.4 Å². The summed E-state index contributed by atoms with van der Waals surface area (Å²) in [5, 5.41) is 2.75. The third-order valence-corrected chi connectivity index (χ3v) is 4.72. The number of nitrogens with zero attached hydrogens (tertiary/aromatic N) is 1. The Morgan fingerprint density at radius 2 is 1.85 bits per heavy atom. The van der Waals surface area contributed by atoms with Crippen molar-refractivity contribution in [3.63, 3.8) is 0 Å². The van der Waals surface area contributed by atoms with Crippen LogP contribution in [0.5, 0.6) is 0 Å². The average Bonchev–Trinajstić information content (AvgIpc) is 3.09. The van der Waals surface area contributed by atoms with E-state index in [1.807, 2.05) is 6.92 Å². The van der Waals surface area contributed by atoms with Crippen LogP contribution in [0.25, 0.3) is 0 Å². The molecule has 1 N–H and O–H groups in total. The molecular formula is C15H20N2O3. The van der Waals surface area contributed by atoms with Gasteiger partial charge in [0.05, 0.1) is 11.8 Å². The van der Waals surface area contributed by atoms with Gasteiger partial charge in [-0.25, -0.2) is 0 Å². The van der Waals surface area contributed by atoms with Crippen molar-refractivity contribution < 1.29 is 14.4 Å². The van der Waals surface area contributed by atoms with Crippen LogP contribution < -0.4 is 5.32 Å². The summed E-state index contributed by atoms with van der Waals surface area (Å²) in [6.07, 6.45) is 6.95. The highest BCUT2D eigenvalue weighted by Crippen LogP contribution is 2.52. The molecule has 3 aliphatic rings. The summed E-state index contributed by atoms with van der Waals surface area (Å²) in [6.45, 7) is 2.53. The molecule has 2 fully saturated rings. The van der Waals surface area contributed by atoms with E-state index in [1.165, 1.54) is 4.90 Å². The molecule has 0 unspecified atom stereocenters. The fourth-order valence-electron chi connectivity index (χ4n) is 3.72. The summed E-state index contributed by atoms with van der Waals surface area (Å²) >= 11 is 0. The second kappa shape index (κ2) is 5.04. The molecule has 0 spiro atoms. The Morgan fingerprint density at radius 3 is 2.40 bits per heavy atom. The van der Waals surface area contributed by atoms with Crippen molar-refractivity contribution in [2.75, 3.05) is 13.1 Å². The number of nitrogens with one attached hydrogen (secondary N) is 1. The normalized spacial score (nSPS) is 34.0. The maximum Gasteiger partial charge on any atom is 0.240 e. The Balaban J connectivity index is 1.63. The molecule has 20 heavy (non-hydrogen) atoms. The maximum atomic E-state index is 12.3. The van der Waals surface area contributed by atoms with Crippen LogP contribution >= 0.6 is 0 Å². The molecule has 5 heteroatoms. The number of rotatable bonds is 5. The molecule has 0 aromatic heterocycles. The molecule has 2 bridgehead atoms. The first-order valence-corrected chi connectivity index (χ1v) is 7.43. The standard InChI is InChI=1S/C15H20N2O3/c1-2-3-6-16-11(18)8-17-14(19)12-9-4-5-10(7-9)13(12)15(17)20/h4-5,9-10,12-13H,2-3,6-8H2,1H3,(H,16,18)/t9-,10-,12-,13+/m0/s1. The summed E-state index contributed by atoms with van der Waals surface area (Å²) in [5.74, 6) is -0.545. The number of allylic oxidation sites excluding steroid dienone is 2. The molecule has 0 aromatic rings. The van der Waals surface area contributed by atoms with Crippen molar-refractivity contribution in [2.24, 2.45) is 23.7 Å². The van der Waals surface area contributed by atoms with Gasteiger partial charge in [-0.15, -0.1) is 0 Å². The quantitative estimate of drug-likeness (QED) is 0.457. The van der Waals surface area contributed by atoms with Crippen LogP contribution in [0, 0.1) is 23.7 Å². The summed E-state index contributed by atoms with van der Waals surface area (Å²) < 4.78 is 0. The van der Waals surface area contributed by atoms with E-state index in [0.717, 1.165) is 19.3 Å². The summed E-state index contributed by atoms with van der Waals surface area (Å²) in [5.41, 5.74) is 0. The summed E-state index contributed by atoms with van der Waals surface area (Å²) in [6, 6.07) is 0. The van der Waals surface area contributed by atoms with Crippen molar-refractivity contribution in [3.8, 4) is 0 Å². The van der Waals surface area contributed by atoms with Crippen LogP contribution in [0.2, 0.25) is 0 Å². The van der Waals surface area contributed by atoms with Crippen LogP contribution in [0.15, 0.2) is 12.2 Å². The molecule has 5 nitrogen and oxygen atoms in total. The number of unbranched alkanes of at least 4 members (excludes halogenated alkanes) is 1. The molecule has 0 aromatic carbocycles. The van der Waals surface area contributed by atoms with Crippen LogP contribution in [0.3, 0.4) is 0 Å². The third-order valence-electron chi connectivity index (χ3n) is 4.72. The predicted octanol–water partition coefficient (Wildman–Crippen LogP) is 0.710. The molecule has 1 heterocycles. The number of likely N-dealkylation sites (tertiary alicyclic amines) is 1. The lowest BCUT2D eigenvalue weighted by Crippen LogP contribution is -2.42. The minimum atomic E-state index is -0.236. The lowest BCUT2D eigenvalue weighted by Gasteiger charge is -2.16. The summed E-state index contributed by atoms with van der Waals surface area (Å²) in [7, 11) is 0. The molecular weight excluding hydrogens is 256 g/mol. The first-order valence-electron chi connectivity index (χ1n) is 7.43. The minimum Gasteiger partial charge on any atom is -0.355 e. The highest BCUT2D eigenvalue weighted by molar-refractivity contribution is 6.08. The zero-order chi connectivity index (χ0) is 14.3. The molecule has 0 radical (unpaired) electrons. The average molecular weight is 276 g/mol. The SMILES string of the molecule is CCCCNC(=O)CN1C(=O)[C@@H]2[C@H](C1=O)[C@H]1C=C[C@H]2C1. The van der Waals surface area contributed by atoms with Gasteiger partial charge in [0.15, 0.2) is 0 Å². The number of fused-ring (bicyclic) bond motifs is 5. The van der Waals surface area contributed by atoms with Gasteiger partial charge in [0.25, 0.3) is 0 Å². The highest BCUT2D eigenvalue weighted by atomic mass is 16.2. The Hall–Kier alpha value is -1.65. The van der Waals surface area contributed by atoms with E-state index in [4.69, 9.17) is 0 Å². The van der Waals surface area contributed by atoms with E-state index in [-0.39, 0.29) is 47.9 Å². The van der Waals surface area contributed by atoms with Crippen molar-refractivity contribution in [1.82, 2.24) is 10.2 Å². The zero-order valence-electron chi connectivity index (χ0n) is 11.7. The molecule has 3 amide bonds. The fourth-order valence-corrected chi connectivity index (χ4v) is 3.72. The Bertz CT molecular complexity index is 456. The van der Waals surface area contributed by atoms with Gasteiger partial charge < -0.3 is 5.32 Å². The van der Waals surface area contributed by atoms with E-state index >= 15 is 0 Å². The van der Waals surface area contributed by atoms with E-state index in [9.17, 15) is 14.4 Å². The Kier molecular flexibility index (Phi) is 3.36. The Labute approximate surface area is 118 Å². The molecule has 3 rings (SSSR count). The van der Waals surface area contributed by atoms with E-state index < -0.39 is 0 Å². The second-order valence-corrected chi connectivity index (χ2v) is 5.97. The second-order valence-electron chi connectivity index (χ2n) is 5.97. The van der Waals surface area contributed by atoms with E-state index in [0.29, 0.717) is 6.54 Å². The Morgan fingerprint density at radius 1 is 1.25 bits per heavy atom. The van der Waals surface area contributed by atoms with Gasteiger partial charge in [-0.3, -0.25) is 19.3 Å². The van der Waals surface area contributed by atoms with Gasteiger partial charge in [-0.05, 0) is 24.7 Å². The fraction of sp³-hybridized carbons (Fsp3) is 0.667. The largest absolute Gasteiger partial charge is 0.355 e. The van der Waals surface area contributed by atoms with Gasteiger partial charge in [0, 0.05) is 6.54 Å². The smallest absolute Gasteiger partial charge is 0.240 e. The number of hydrogen-bond acceptors (Lipinski definition) is 3. The number of imide groups is 1. The van der Waals surface area contributed by atoms with Crippen molar-refractivity contribution in [2.45, 2.75) is 26.2 Å². The van der Waals surface area contributed by atoms with Crippen molar-refractivity contribution in [1.29, 1.82) is 0 Å². The minimum absolute atomic E-state index is 0.117. The maximum absolute atomic E-state index is 12.3. The molecule has 2 aliphatic carbocycles. The third kappa shape index (κ3) is 1.96. The zero-order valence-corrected chi connectivity index (χ0v) is 11.7. The summed E-state index contributed by atoms with van der Waals surface area (Å²) in [4.78, 5) is 37.6. The van der Waals surface area contributed by atoms with Crippen LogP contribution in [0.4, 0.5) is 0 Å². The number of carbonyl (C=O) groups is 3. The molecule has 1 saturated heterocycles. The van der Waals surface area contributed by atoms with E-state index in [2.05, 4.69) is 17.5 Å². The number of carbonyl (C=O) groups excluding carboxylic acids is 3. The van der Waals surface area contributed by atoms with Gasteiger partial charge in [0.2, 0.25) is 17.7 Å². The first kappa shape index (κ1) is 13.3. The predicted molar refractivity (Wildman–Crippen MR) is 72.4 cm³/mol. The lowest BCUT2D eigenvalue weighted by atomic mass is 9.85. The molecule has 1 saturated carbocycles. The number of amides is 3. The van der Waals surface area contributed by atoms with Gasteiger partial charge in [-0.1, -0.05) is 25.5 Å². The highest BCUT2D eigenvalue weighted by Gasteiger charge is 2.59. The molecule has 4 atom stereocenters. The lowest BCUT2D eigenvalue weighted by molar-refractivity contribution is -0.144. The van der Waals surface area contributed by atoms with Gasteiger partial charge >= 0.3 is 0 Å². The molecule has 108 valence electrons. The van der Waals surface area contributed by atoms with Crippen LogP contribution in [-0.4, -0.2) is 35.7 Å². The van der Waals surface area contributed by atoms with Crippen molar-refractivity contribution >= 4 is 17.7 Å². The van der Waals surface area contributed by atoms with Crippen LogP contribution in [0.1, 0.15) is 26.2 Å². The van der Waals surface area contributed by atoms with Gasteiger partial charge in [-0.2, -0.15) is 0 Å². The van der Waals surface area contributed by atoms with E-state index in [1.54, 1.807) is 0 Å². The topological polar surface area (TPSA) is 66.5 Å². The monoisotopic (exact) mass is 276 g/mol. The van der Waals surface area contributed by atoms with Gasteiger partial charge in [0.1, 0.15) is 6.54 Å². The van der Waals surface area contributed by atoms with Crippen molar-refractivity contribution in [3.05, 3.63) is 12.2 Å². The first-order chi connectivity index (χ1) is 9.63.